The lowest BCUT2D eigenvalue weighted by atomic mass is 10.1. The van der Waals surface area contributed by atoms with Crippen molar-refractivity contribution in [2.24, 2.45) is 0 Å². The predicted molar refractivity (Wildman–Crippen MR) is 109 cm³/mol. The van der Waals surface area contributed by atoms with E-state index in [0.29, 0.717) is 44.2 Å². The zero-order valence-corrected chi connectivity index (χ0v) is 17.4. The number of fused-ring (bicyclic) bond motifs is 2. The Hall–Kier alpha value is -3.46. The quantitative estimate of drug-likeness (QED) is 0.639. The lowest BCUT2D eigenvalue weighted by Crippen LogP contribution is -2.37. The number of carbonyl (C=O) groups is 2. The molecule has 1 aromatic carbocycles. The second-order valence-corrected chi connectivity index (χ2v) is 7.79. The zero-order chi connectivity index (χ0) is 21.5. The van der Waals surface area contributed by atoms with Crippen molar-refractivity contribution in [1.82, 2.24) is 24.6 Å². The summed E-state index contributed by atoms with van der Waals surface area (Å²) >= 11 is 0. The molecule has 4 heterocycles. The van der Waals surface area contributed by atoms with Crippen molar-refractivity contribution in [3.8, 4) is 0 Å². The van der Waals surface area contributed by atoms with Crippen LogP contribution in [0.15, 0.2) is 40.8 Å². The number of carbonyl (C=O) groups excluding carboxylic acids is 2. The van der Waals surface area contributed by atoms with E-state index < -0.39 is 6.10 Å². The Morgan fingerprint density at radius 2 is 2.00 bits per heavy atom. The highest BCUT2D eigenvalue weighted by Gasteiger charge is 2.32. The van der Waals surface area contributed by atoms with Crippen molar-refractivity contribution in [1.29, 1.82) is 0 Å². The molecular weight excluding hydrogens is 398 g/mol. The Labute approximate surface area is 179 Å². The van der Waals surface area contributed by atoms with Crippen LogP contribution in [-0.2, 0) is 24.2 Å². The molecule has 160 valence electrons. The average molecular weight is 421 g/mol. The van der Waals surface area contributed by atoms with E-state index in [1.165, 1.54) is 0 Å². The molecule has 5 rings (SSSR count). The van der Waals surface area contributed by atoms with Crippen molar-refractivity contribution in [2.45, 2.75) is 25.6 Å². The number of likely N-dealkylation sites (N-methyl/N-ethyl adjacent to an activating group) is 1. The molecule has 0 saturated heterocycles. The molecule has 0 bridgehead atoms. The first-order chi connectivity index (χ1) is 15.0. The number of amides is 2. The standard InChI is InChI=1S/C22H23N5O4/c1-25-10-11-27-17(22(25)29)12-15(24-27)21(28)26-9-8-18-16(13-26)23-20(31-18)19(30-2)14-6-4-3-5-7-14/h3-7,12,19H,8-11,13H2,1-2H3. The first-order valence-corrected chi connectivity index (χ1v) is 10.2. The topological polar surface area (TPSA) is 93.7 Å². The van der Waals surface area contributed by atoms with Crippen LogP contribution in [-0.4, -0.2) is 63.6 Å². The molecule has 9 heteroatoms. The van der Waals surface area contributed by atoms with Crippen molar-refractivity contribution < 1.29 is 18.7 Å². The fraction of sp³-hybridized carbons (Fsp3) is 0.364. The van der Waals surface area contributed by atoms with Gasteiger partial charge >= 0.3 is 0 Å². The Morgan fingerprint density at radius 1 is 1.19 bits per heavy atom. The van der Waals surface area contributed by atoms with Crippen molar-refractivity contribution >= 4 is 11.8 Å². The SMILES string of the molecule is COC(c1ccccc1)c1nc2c(o1)CCN(C(=O)c1cc3n(n1)CCN(C)C3=O)C2. The normalized spacial score (nSPS) is 16.8. The number of hydrogen-bond acceptors (Lipinski definition) is 6. The van der Waals surface area contributed by atoms with Crippen molar-refractivity contribution in [2.75, 3.05) is 27.2 Å². The summed E-state index contributed by atoms with van der Waals surface area (Å²) in [5.41, 5.74) is 2.41. The zero-order valence-electron chi connectivity index (χ0n) is 17.4. The van der Waals surface area contributed by atoms with Crippen LogP contribution in [0.4, 0.5) is 0 Å². The van der Waals surface area contributed by atoms with Gasteiger partial charge in [0.15, 0.2) is 11.8 Å². The Kier molecular flexibility index (Phi) is 4.82. The number of oxazole rings is 1. The molecule has 3 aromatic rings. The molecule has 2 aliphatic rings. The highest BCUT2D eigenvalue weighted by Crippen LogP contribution is 2.29. The van der Waals surface area contributed by atoms with Crippen molar-refractivity contribution in [3.63, 3.8) is 0 Å². The number of rotatable bonds is 4. The molecule has 2 aromatic heterocycles. The molecule has 0 spiro atoms. The summed E-state index contributed by atoms with van der Waals surface area (Å²) in [4.78, 5) is 33.4. The maximum Gasteiger partial charge on any atom is 0.274 e. The molecule has 0 saturated carbocycles. The van der Waals surface area contributed by atoms with Gasteiger partial charge in [0.2, 0.25) is 5.89 Å². The van der Waals surface area contributed by atoms with E-state index in [4.69, 9.17) is 9.15 Å². The fourth-order valence-corrected chi connectivity index (χ4v) is 4.08. The number of ether oxygens (including phenoxy) is 1. The van der Waals surface area contributed by atoms with Crippen molar-refractivity contribution in [3.05, 3.63) is 70.7 Å². The van der Waals surface area contributed by atoms with Gasteiger partial charge in [0.25, 0.3) is 11.8 Å². The highest BCUT2D eigenvalue weighted by molar-refractivity contribution is 5.98. The third kappa shape index (κ3) is 3.40. The lowest BCUT2D eigenvalue weighted by molar-refractivity contribution is 0.0714. The molecule has 9 nitrogen and oxygen atoms in total. The van der Waals surface area contributed by atoms with Gasteiger partial charge in [-0.2, -0.15) is 5.10 Å². The first-order valence-electron chi connectivity index (χ1n) is 10.2. The maximum atomic E-state index is 13.1. The summed E-state index contributed by atoms with van der Waals surface area (Å²) in [7, 11) is 3.37. The molecule has 0 N–H and O–H groups in total. The molecule has 0 fully saturated rings. The number of nitrogens with zero attached hydrogens (tertiary/aromatic N) is 5. The van der Waals surface area contributed by atoms with Gasteiger partial charge < -0.3 is 19.0 Å². The van der Waals surface area contributed by atoms with Crippen LogP contribution in [0.25, 0.3) is 0 Å². The highest BCUT2D eigenvalue weighted by atomic mass is 16.5. The third-order valence-corrected chi connectivity index (χ3v) is 5.81. The van der Waals surface area contributed by atoms with E-state index in [-0.39, 0.29) is 17.5 Å². The van der Waals surface area contributed by atoms with E-state index in [9.17, 15) is 9.59 Å². The molecule has 0 aliphatic carbocycles. The molecule has 0 radical (unpaired) electrons. The monoisotopic (exact) mass is 421 g/mol. The van der Waals surface area contributed by atoms with Crippen LogP contribution < -0.4 is 0 Å². The molecule has 2 amide bonds. The van der Waals surface area contributed by atoms with Crippen LogP contribution in [0.2, 0.25) is 0 Å². The summed E-state index contributed by atoms with van der Waals surface area (Å²) in [5.74, 6) is 0.933. The van der Waals surface area contributed by atoms with Gasteiger partial charge in [0.05, 0.1) is 13.1 Å². The van der Waals surface area contributed by atoms with Crippen LogP contribution in [0.3, 0.4) is 0 Å². The van der Waals surface area contributed by atoms with Crippen LogP contribution >= 0.6 is 0 Å². The lowest BCUT2D eigenvalue weighted by Gasteiger charge is -2.24. The maximum absolute atomic E-state index is 13.1. The van der Waals surface area contributed by atoms with Gasteiger partial charge in [0, 0.05) is 39.7 Å². The van der Waals surface area contributed by atoms with Gasteiger partial charge in [-0.1, -0.05) is 30.3 Å². The van der Waals surface area contributed by atoms with Gasteiger partial charge in [-0.05, 0) is 5.56 Å². The predicted octanol–water partition coefficient (Wildman–Crippen LogP) is 1.89. The van der Waals surface area contributed by atoms with E-state index >= 15 is 0 Å². The van der Waals surface area contributed by atoms with Gasteiger partial charge in [-0.25, -0.2) is 4.98 Å². The summed E-state index contributed by atoms with van der Waals surface area (Å²) in [6.07, 6.45) is 0.160. The Morgan fingerprint density at radius 3 is 2.77 bits per heavy atom. The second kappa shape index (κ2) is 7.66. The van der Waals surface area contributed by atoms with Crippen LogP contribution in [0.5, 0.6) is 0 Å². The van der Waals surface area contributed by atoms with E-state index in [1.54, 1.807) is 34.7 Å². The Balaban J connectivity index is 1.36. The number of benzene rings is 1. The third-order valence-electron chi connectivity index (χ3n) is 5.81. The van der Waals surface area contributed by atoms with Gasteiger partial charge in [0.1, 0.15) is 17.1 Å². The van der Waals surface area contributed by atoms with E-state index in [2.05, 4.69) is 10.1 Å². The fourth-order valence-electron chi connectivity index (χ4n) is 4.08. The summed E-state index contributed by atoms with van der Waals surface area (Å²) in [6.45, 7) is 2.00. The number of aromatic nitrogens is 3. The Bertz CT molecular complexity index is 1140. The van der Waals surface area contributed by atoms with Gasteiger partial charge in [-0.3, -0.25) is 14.3 Å². The van der Waals surface area contributed by atoms with Crippen LogP contribution in [0, 0.1) is 0 Å². The number of hydrogen-bond donors (Lipinski definition) is 0. The summed E-state index contributed by atoms with van der Waals surface area (Å²) < 4.78 is 13.2. The van der Waals surface area contributed by atoms with E-state index in [0.717, 1.165) is 17.0 Å². The van der Waals surface area contributed by atoms with Crippen LogP contribution in [0.1, 0.15) is 50.0 Å². The molecule has 1 unspecified atom stereocenters. The minimum atomic E-state index is -0.404. The summed E-state index contributed by atoms with van der Waals surface area (Å²) in [6, 6.07) is 11.3. The molecule has 2 aliphatic heterocycles. The summed E-state index contributed by atoms with van der Waals surface area (Å²) in [5, 5.41) is 4.37. The smallest absolute Gasteiger partial charge is 0.274 e. The minimum Gasteiger partial charge on any atom is -0.442 e. The minimum absolute atomic E-state index is 0.119. The molecular formula is C22H23N5O4. The first kappa shape index (κ1) is 19.5. The average Bonchev–Trinajstić information content (AvgIpc) is 3.41. The largest absolute Gasteiger partial charge is 0.442 e. The second-order valence-electron chi connectivity index (χ2n) is 7.79. The van der Waals surface area contributed by atoms with E-state index in [1.807, 2.05) is 30.3 Å². The van der Waals surface area contributed by atoms with Gasteiger partial charge in [-0.15, -0.1) is 0 Å². The number of methoxy groups -OCH3 is 1. The molecule has 1 atom stereocenters. The molecule has 31 heavy (non-hydrogen) atoms.